The number of para-hydroxylation sites is 1. The Hall–Kier alpha value is -2.69. The number of nitrogens with one attached hydrogen (secondary N) is 1. The molecule has 1 amide bonds. The number of carbonyl (C=O) groups excluding carboxylic acids is 1. The Labute approximate surface area is 166 Å². The van der Waals surface area contributed by atoms with Crippen molar-refractivity contribution in [1.29, 1.82) is 0 Å². The minimum Gasteiger partial charge on any atom is -0.493 e. The third kappa shape index (κ3) is 3.66. The van der Waals surface area contributed by atoms with Crippen LogP contribution in [0.1, 0.15) is 55.2 Å². The van der Waals surface area contributed by atoms with E-state index < -0.39 is 0 Å². The fourth-order valence-corrected chi connectivity index (χ4v) is 3.62. The Bertz CT molecular complexity index is 861. The third-order valence-electron chi connectivity index (χ3n) is 5.36. The van der Waals surface area contributed by atoms with Gasteiger partial charge in [-0.2, -0.15) is 0 Å². The summed E-state index contributed by atoms with van der Waals surface area (Å²) < 4.78 is 11.5. The van der Waals surface area contributed by atoms with Crippen LogP contribution < -0.4 is 14.8 Å². The van der Waals surface area contributed by atoms with Gasteiger partial charge < -0.3 is 19.7 Å². The molecule has 0 spiro atoms. The standard InChI is InChI=1S/C23H28N2O3/c1-15(2)12-13-28-20-11-8-16(14-21(20)27-3)22-24-19-7-5-4-6-18(19)23(26)25(22)17-9-10-17/h4-8,11,14-15,17,22,24H,9-10,12-13H2,1-3H3/t22-/m1/s1. The smallest absolute Gasteiger partial charge is 0.258 e. The van der Waals surface area contributed by atoms with E-state index in [1.165, 1.54) is 0 Å². The quantitative estimate of drug-likeness (QED) is 0.746. The van der Waals surface area contributed by atoms with Crippen LogP contribution in [-0.2, 0) is 0 Å². The summed E-state index contributed by atoms with van der Waals surface area (Å²) in [6, 6.07) is 14.0. The zero-order chi connectivity index (χ0) is 19.7. The van der Waals surface area contributed by atoms with Crippen LogP contribution in [0.2, 0.25) is 0 Å². The van der Waals surface area contributed by atoms with Crippen LogP contribution in [0, 0.1) is 5.92 Å². The van der Waals surface area contributed by atoms with E-state index in [0.717, 1.165) is 41.8 Å². The van der Waals surface area contributed by atoms with Gasteiger partial charge in [-0.3, -0.25) is 4.79 Å². The van der Waals surface area contributed by atoms with Crippen molar-refractivity contribution < 1.29 is 14.3 Å². The van der Waals surface area contributed by atoms with Crippen molar-refractivity contribution in [3.63, 3.8) is 0 Å². The highest BCUT2D eigenvalue weighted by Gasteiger charge is 2.42. The number of anilines is 1. The van der Waals surface area contributed by atoms with E-state index in [9.17, 15) is 4.79 Å². The Morgan fingerprint density at radius 2 is 1.93 bits per heavy atom. The zero-order valence-corrected chi connectivity index (χ0v) is 16.8. The maximum atomic E-state index is 13.1. The van der Waals surface area contributed by atoms with Gasteiger partial charge in [0.1, 0.15) is 6.17 Å². The first-order valence-corrected chi connectivity index (χ1v) is 10.1. The van der Waals surface area contributed by atoms with E-state index in [1.54, 1.807) is 7.11 Å². The van der Waals surface area contributed by atoms with Crippen molar-refractivity contribution >= 4 is 11.6 Å². The molecule has 1 fully saturated rings. The highest BCUT2D eigenvalue weighted by Crippen LogP contribution is 2.42. The summed E-state index contributed by atoms with van der Waals surface area (Å²) in [5, 5.41) is 3.55. The molecule has 1 heterocycles. The molecule has 1 aliphatic heterocycles. The summed E-state index contributed by atoms with van der Waals surface area (Å²) in [5.41, 5.74) is 2.62. The first-order valence-electron chi connectivity index (χ1n) is 10.1. The summed E-state index contributed by atoms with van der Waals surface area (Å²) in [6.07, 6.45) is 2.91. The Balaban J connectivity index is 1.62. The monoisotopic (exact) mass is 380 g/mol. The molecule has 0 saturated heterocycles. The Kier molecular flexibility index (Phi) is 5.16. The van der Waals surface area contributed by atoms with Gasteiger partial charge in [0.25, 0.3) is 5.91 Å². The predicted octanol–water partition coefficient (Wildman–Crippen LogP) is 4.85. The predicted molar refractivity (Wildman–Crippen MR) is 110 cm³/mol. The van der Waals surface area contributed by atoms with Gasteiger partial charge in [0, 0.05) is 11.7 Å². The normalized spacial score (nSPS) is 18.6. The lowest BCUT2D eigenvalue weighted by atomic mass is 10.0. The molecule has 148 valence electrons. The summed E-state index contributed by atoms with van der Waals surface area (Å²) >= 11 is 0. The van der Waals surface area contributed by atoms with Gasteiger partial charge in [0.05, 0.1) is 19.3 Å². The topological polar surface area (TPSA) is 50.8 Å². The lowest BCUT2D eigenvalue weighted by Crippen LogP contribution is -2.44. The number of amides is 1. The summed E-state index contributed by atoms with van der Waals surface area (Å²) in [7, 11) is 1.65. The SMILES string of the molecule is COc1cc([C@@H]2Nc3ccccc3C(=O)N2C2CC2)ccc1OCCC(C)C. The minimum atomic E-state index is -0.200. The molecular formula is C23H28N2O3. The molecule has 0 radical (unpaired) electrons. The molecule has 0 bridgehead atoms. The number of fused-ring (bicyclic) bond motifs is 1. The Morgan fingerprint density at radius 3 is 2.64 bits per heavy atom. The number of nitrogens with zero attached hydrogens (tertiary/aromatic N) is 1. The van der Waals surface area contributed by atoms with E-state index in [2.05, 4.69) is 19.2 Å². The molecule has 0 unspecified atom stereocenters. The van der Waals surface area contributed by atoms with Crippen molar-refractivity contribution in [2.24, 2.45) is 5.92 Å². The van der Waals surface area contributed by atoms with Gasteiger partial charge in [-0.1, -0.05) is 32.0 Å². The maximum Gasteiger partial charge on any atom is 0.258 e. The van der Waals surface area contributed by atoms with Crippen LogP contribution in [-0.4, -0.2) is 30.6 Å². The number of ether oxygens (including phenoxy) is 2. The van der Waals surface area contributed by atoms with Gasteiger partial charge in [-0.25, -0.2) is 0 Å². The number of methoxy groups -OCH3 is 1. The molecule has 4 rings (SSSR count). The molecule has 2 aromatic carbocycles. The summed E-state index contributed by atoms with van der Waals surface area (Å²) in [4.78, 5) is 15.1. The minimum absolute atomic E-state index is 0.0954. The zero-order valence-electron chi connectivity index (χ0n) is 16.8. The number of hydrogen-bond donors (Lipinski definition) is 1. The van der Waals surface area contributed by atoms with Crippen LogP contribution in [0.5, 0.6) is 11.5 Å². The lowest BCUT2D eigenvalue weighted by molar-refractivity contribution is 0.0666. The first-order chi connectivity index (χ1) is 13.6. The average Bonchev–Trinajstić information content (AvgIpc) is 3.53. The number of rotatable bonds is 7. The number of carbonyl (C=O) groups is 1. The van der Waals surface area contributed by atoms with Crippen LogP contribution in [0.4, 0.5) is 5.69 Å². The molecule has 1 aliphatic carbocycles. The molecule has 5 nitrogen and oxygen atoms in total. The van der Waals surface area contributed by atoms with Crippen molar-refractivity contribution in [3.05, 3.63) is 53.6 Å². The molecular weight excluding hydrogens is 352 g/mol. The molecule has 2 aliphatic rings. The lowest BCUT2D eigenvalue weighted by Gasteiger charge is -2.38. The van der Waals surface area contributed by atoms with Crippen LogP contribution in [0.3, 0.4) is 0 Å². The number of hydrogen-bond acceptors (Lipinski definition) is 4. The van der Waals surface area contributed by atoms with E-state index >= 15 is 0 Å². The van der Waals surface area contributed by atoms with E-state index in [1.807, 2.05) is 47.4 Å². The highest BCUT2D eigenvalue weighted by atomic mass is 16.5. The van der Waals surface area contributed by atoms with Gasteiger partial charge in [0.2, 0.25) is 0 Å². The first kappa shape index (κ1) is 18.7. The van der Waals surface area contributed by atoms with E-state index in [4.69, 9.17) is 9.47 Å². The van der Waals surface area contributed by atoms with Crippen molar-refractivity contribution in [3.8, 4) is 11.5 Å². The van der Waals surface area contributed by atoms with E-state index in [-0.39, 0.29) is 12.1 Å². The molecule has 1 N–H and O–H groups in total. The second kappa shape index (κ2) is 7.74. The van der Waals surface area contributed by atoms with E-state index in [0.29, 0.717) is 24.3 Å². The fraction of sp³-hybridized carbons (Fsp3) is 0.435. The molecule has 1 saturated carbocycles. The van der Waals surface area contributed by atoms with Crippen molar-refractivity contribution in [2.45, 2.75) is 45.3 Å². The van der Waals surface area contributed by atoms with Gasteiger partial charge in [-0.15, -0.1) is 0 Å². The second-order valence-corrected chi connectivity index (χ2v) is 7.98. The number of benzene rings is 2. The third-order valence-corrected chi connectivity index (χ3v) is 5.36. The molecule has 2 aromatic rings. The molecule has 5 heteroatoms. The molecule has 28 heavy (non-hydrogen) atoms. The highest BCUT2D eigenvalue weighted by molar-refractivity contribution is 6.02. The van der Waals surface area contributed by atoms with Crippen LogP contribution in [0.25, 0.3) is 0 Å². The van der Waals surface area contributed by atoms with Gasteiger partial charge in [0.15, 0.2) is 11.5 Å². The average molecular weight is 380 g/mol. The van der Waals surface area contributed by atoms with Crippen molar-refractivity contribution in [1.82, 2.24) is 4.90 Å². The van der Waals surface area contributed by atoms with Gasteiger partial charge >= 0.3 is 0 Å². The summed E-state index contributed by atoms with van der Waals surface area (Å²) in [6.45, 7) is 5.02. The molecule has 1 atom stereocenters. The van der Waals surface area contributed by atoms with Crippen LogP contribution >= 0.6 is 0 Å². The van der Waals surface area contributed by atoms with Crippen LogP contribution in [0.15, 0.2) is 42.5 Å². The van der Waals surface area contributed by atoms with Gasteiger partial charge in [-0.05, 0) is 55.0 Å². The summed E-state index contributed by atoms with van der Waals surface area (Å²) in [5.74, 6) is 2.13. The maximum absolute atomic E-state index is 13.1. The largest absolute Gasteiger partial charge is 0.493 e. The van der Waals surface area contributed by atoms with Crippen molar-refractivity contribution in [2.75, 3.05) is 19.0 Å². The molecule has 0 aromatic heterocycles. The Morgan fingerprint density at radius 1 is 1.14 bits per heavy atom. The fourth-order valence-electron chi connectivity index (χ4n) is 3.62. The second-order valence-electron chi connectivity index (χ2n) is 7.98.